The Morgan fingerprint density at radius 3 is 2.28 bits per heavy atom. The Hall–Kier alpha value is -2.62. The van der Waals surface area contributed by atoms with Gasteiger partial charge in [0.25, 0.3) is 0 Å². The third-order valence-electron chi connectivity index (χ3n) is 2.39. The highest BCUT2D eigenvalue weighted by Crippen LogP contribution is 2.05. The molecule has 4 nitrogen and oxygen atoms in total. The van der Waals surface area contributed by atoms with E-state index in [4.69, 9.17) is 5.73 Å². The molecule has 1 amide bonds. The van der Waals surface area contributed by atoms with Crippen molar-refractivity contribution in [2.75, 3.05) is 0 Å². The Morgan fingerprint density at radius 2 is 1.67 bits per heavy atom. The lowest BCUT2D eigenvalue weighted by Crippen LogP contribution is -2.09. The van der Waals surface area contributed by atoms with Gasteiger partial charge in [-0.2, -0.15) is 0 Å². The molecule has 1 heterocycles. The van der Waals surface area contributed by atoms with Gasteiger partial charge in [-0.15, -0.1) is 0 Å². The molecule has 2 aromatic carbocycles. The molecule has 0 radical (unpaired) electrons. The van der Waals surface area contributed by atoms with Crippen molar-refractivity contribution < 1.29 is 4.79 Å². The highest BCUT2D eigenvalue weighted by Gasteiger charge is 1.93. The predicted molar refractivity (Wildman–Crippen MR) is 71.1 cm³/mol. The van der Waals surface area contributed by atoms with Crippen LogP contribution in [-0.2, 0) is 0 Å². The molecule has 0 spiro atoms. The van der Waals surface area contributed by atoms with Gasteiger partial charge in [-0.1, -0.05) is 30.3 Å². The number of aromatic amines is 1. The van der Waals surface area contributed by atoms with Crippen LogP contribution in [0.15, 0.2) is 60.9 Å². The second-order valence-electron chi connectivity index (χ2n) is 3.65. The molecule has 18 heavy (non-hydrogen) atoms. The van der Waals surface area contributed by atoms with Crippen LogP contribution in [0.5, 0.6) is 0 Å². The molecule has 4 heteroatoms. The van der Waals surface area contributed by atoms with Crippen LogP contribution in [0, 0.1) is 0 Å². The number of aromatic nitrogens is 2. The van der Waals surface area contributed by atoms with Crippen LogP contribution >= 0.6 is 0 Å². The molecule has 0 unspecified atom stereocenters. The number of hydrogen-bond acceptors (Lipinski definition) is 2. The van der Waals surface area contributed by atoms with Gasteiger partial charge in [-0.3, -0.25) is 4.79 Å². The highest BCUT2D eigenvalue weighted by atomic mass is 16.1. The molecular formula is C14H13N3O. The van der Waals surface area contributed by atoms with Crippen LogP contribution in [0.4, 0.5) is 0 Å². The second kappa shape index (κ2) is 5.63. The minimum Gasteiger partial charge on any atom is -0.366 e. The normalized spacial score (nSPS) is 9.56. The van der Waals surface area contributed by atoms with E-state index in [1.54, 1.807) is 30.6 Å². The summed E-state index contributed by atoms with van der Waals surface area (Å²) in [6.45, 7) is 0. The first-order chi connectivity index (χ1) is 8.77. The largest absolute Gasteiger partial charge is 0.366 e. The number of nitrogens with one attached hydrogen (secondary N) is 1. The zero-order chi connectivity index (χ0) is 12.8. The number of primary amides is 1. The Balaban J connectivity index is 0.000000134. The molecule has 0 aliphatic rings. The van der Waals surface area contributed by atoms with Crippen molar-refractivity contribution >= 4 is 16.9 Å². The molecule has 3 aromatic rings. The van der Waals surface area contributed by atoms with E-state index in [-0.39, 0.29) is 5.91 Å². The topological polar surface area (TPSA) is 71.8 Å². The van der Waals surface area contributed by atoms with Crippen molar-refractivity contribution in [3.63, 3.8) is 0 Å². The number of rotatable bonds is 1. The molecule has 0 fully saturated rings. The molecule has 0 saturated heterocycles. The first-order valence-electron chi connectivity index (χ1n) is 5.50. The van der Waals surface area contributed by atoms with E-state index in [2.05, 4.69) is 9.97 Å². The van der Waals surface area contributed by atoms with E-state index in [9.17, 15) is 4.79 Å². The fourth-order valence-electron chi connectivity index (χ4n) is 1.48. The first kappa shape index (κ1) is 11.9. The van der Waals surface area contributed by atoms with Gasteiger partial charge < -0.3 is 10.7 Å². The summed E-state index contributed by atoms with van der Waals surface area (Å²) in [6.07, 6.45) is 1.70. The quantitative estimate of drug-likeness (QED) is 0.684. The fourth-order valence-corrected chi connectivity index (χ4v) is 1.48. The van der Waals surface area contributed by atoms with Gasteiger partial charge in [0, 0.05) is 5.56 Å². The van der Waals surface area contributed by atoms with Gasteiger partial charge in [-0.25, -0.2) is 4.98 Å². The minimum atomic E-state index is -0.379. The van der Waals surface area contributed by atoms with Crippen LogP contribution in [0.1, 0.15) is 10.4 Å². The van der Waals surface area contributed by atoms with Crippen molar-refractivity contribution in [3.8, 4) is 0 Å². The van der Waals surface area contributed by atoms with Crippen LogP contribution < -0.4 is 5.73 Å². The van der Waals surface area contributed by atoms with Gasteiger partial charge in [-0.05, 0) is 24.3 Å². The number of benzene rings is 2. The maximum Gasteiger partial charge on any atom is 0.248 e. The molecule has 3 rings (SSSR count). The minimum absolute atomic E-state index is 0.379. The molecule has 1 aromatic heterocycles. The smallest absolute Gasteiger partial charge is 0.248 e. The van der Waals surface area contributed by atoms with Crippen LogP contribution in [0.25, 0.3) is 11.0 Å². The Labute approximate surface area is 104 Å². The molecule has 0 aliphatic carbocycles. The van der Waals surface area contributed by atoms with Crippen molar-refractivity contribution in [2.24, 2.45) is 5.73 Å². The summed E-state index contributed by atoms with van der Waals surface area (Å²) in [7, 11) is 0. The van der Waals surface area contributed by atoms with Gasteiger partial charge in [0.2, 0.25) is 5.91 Å². The number of amides is 1. The average Bonchev–Trinajstić information content (AvgIpc) is 2.89. The lowest BCUT2D eigenvalue weighted by atomic mass is 10.2. The highest BCUT2D eigenvalue weighted by molar-refractivity contribution is 5.92. The Bertz CT molecular complexity index is 601. The number of fused-ring (bicyclic) bond motifs is 1. The SMILES string of the molecule is NC(=O)c1ccccc1.c1ccc2[nH]cnc2c1. The maximum atomic E-state index is 10.4. The standard InChI is InChI=1S/C7H6N2.C7H7NO/c1-2-4-7-6(3-1)8-5-9-7;8-7(9)6-4-2-1-3-5-6/h1-5H,(H,8,9);1-5H,(H2,8,9). The second-order valence-corrected chi connectivity index (χ2v) is 3.65. The third-order valence-corrected chi connectivity index (χ3v) is 2.39. The number of para-hydroxylation sites is 2. The molecule has 0 bridgehead atoms. The van der Waals surface area contributed by atoms with Crippen molar-refractivity contribution in [1.29, 1.82) is 0 Å². The molecule has 0 saturated carbocycles. The van der Waals surface area contributed by atoms with Gasteiger partial charge in [0.05, 0.1) is 17.4 Å². The summed E-state index contributed by atoms with van der Waals surface area (Å²) >= 11 is 0. The summed E-state index contributed by atoms with van der Waals surface area (Å²) in [4.78, 5) is 17.5. The average molecular weight is 239 g/mol. The molecule has 3 N–H and O–H groups in total. The van der Waals surface area contributed by atoms with Gasteiger partial charge in [0.1, 0.15) is 0 Å². The van der Waals surface area contributed by atoms with Crippen molar-refractivity contribution in [3.05, 3.63) is 66.5 Å². The van der Waals surface area contributed by atoms with E-state index in [0.29, 0.717) is 5.56 Å². The van der Waals surface area contributed by atoms with E-state index in [0.717, 1.165) is 11.0 Å². The van der Waals surface area contributed by atoms with Crippen molar-refractivity contribution in [1.82, 2.24) is 9.97 Å². The fraction of sp³-hybridized carbons (Fsp3) is 0. The first-order valence-corrected chi connectivity index (χ1v) is 5.50. The zero-order valence-corrected chi connectivity index (χ0v) is 9.71. The van der Waals surface area contributed by atoms with Gasteiger partial charge >= 0.3 is 0 Å². The molecule has 0 aliphatic heterocycles. The number of carbonyl (C=O) groups is 1. The number of H-pyrrole nitrogens is 1. The van der Waals surface area contributed by atoms with E-state index in [1.165, 1.54) is 0 Å². The Morgan fingerprint density at radius 1 is 1.00 bits per heavy atom. The number of imidazole rings is 1. The monoisotopic (exact) mass is 239 g/mol. The summed E-state index contributed by atoms with van der Waals surface area (Å²) in [5, 5.41) is 0. The summed E-state index contributed by atoms with van der Waals surface area (Å²) < 4.78 is 0. The number of nitrogens with two attached hydrogens (primary N) is 1. The third kappa shape index (κ3) is 2.95. The van der Waals surface area contributed by atoms with E-state index >= 15 is 0 Å². The molecular weight excluding hydrogens is 226 g/mol. The summed E-state index contributed by atoms with van der Waals surface area (Å²) in [6, 6.07) is 16.7. The zero-order valence-electron chi connectivity index (χ0n) is 9.71. The summed E-state index contributed by atoms with van der Waals surface area (Å²) in [5.41, 5.74) is 7.65. The lowest BCUT2D eigenvalue weighted by molar-refractivity contribution is 0.100. The van der Waals surface area contributed by atoms with Crippen LogP contribution in [0.2, 0.25) is 0 Å². The van der Waals surface area contributed by atoms with Crippen molar-refractivity contribution in [2.45, 2.75) is 0 Å². The molecule has 0 atom stereocenters. The predicted octanol–water partition coefficient (Wildman–Crippen LogP) is 2.35. The molecule has 90 valence electrons. The van der Waals surface area contributed by atoms with Gasteiger partial charge in [0.15, 0.2) is 0 Å². The summed E-state index contributed by atoms with van der Waals surface area (Å²) in [5.74, 6) is -0.379. The number of carbonyl (C=O) groups excluding carboxylic acids is 1. The van der Waals surface area contributed by atoms with Crippen LogP contribution in [0.3, 0.4) is 0 Å². The van der Waals surface area contributed by atoms with Crippen LogP contribution in [-0.4, -0.2) is 15.9 Å². The Kier molecular flexibility index (Phi) is 3.71. The number of nitrogens with zero attached hydrogens (tertiary/aromatic N) is 1. The lowest BCUT2D eigenvalue weighted by Gasteiger charge is -1.89. The number of hydrogen-bond donors (Lipinski definition) is 2. The van der Waals surface area contributed by atoms with E-state index < -0.39 is 0 Å². The van der Waals surface area contributed by atoms with E-state index in [1.807, 2.05) is 30.3 Å². The maximum absolute atomic E-state index is 10.4.